The van der Waals surface area contributed by atoms with Crippen LogP contribution in [0.25, 0.3) is 15.5 Å². The van der Waals surface area contributed by atoms with Crippen molar-refractivity contribution in [3.8, 4) is 16.3 Å². The van der Waals surface area contributed by atoms with E-state index in [0.29, 0.717) is 21.5 Å². The Balaban J connectivity index is 1.34. The number of anilines is 1. The monoisotopic (exact) mass is 506 g/mol. The number of hydrogen-bond donors (Lipinski definition) is 2. The van der Waals surface area contributed by atoms with E-state index in [1.165, 1.54) is 11.3 Å². The van der Waals surface area contributed by atoms with E-state index in [4.69, 9.17) is 40.2 Å². The molecule has 1 amide bonds. The molecule has 4 rings (SSSR count). The average molecular weight is 507 g/mol. The quantitative estimate of drug-likeness (QED) is 0.377. The Morgan fingerprint density at radius 2 is 1.94 bits per heavy atom. The van der Waals surface area contributed by atoms with Gasteiger partial charge in [-0.15, -0.1) is 10.2 Å². The Hall–Kier alpha value is -2.79. The molecule has 0 bridgehead atoms. The van der Waals surface area contributed by atoms with Crippen molar-refractivity contribution in [1.29, 1.82) is 0 Å². The second kappa shape index (κ2) is 9.37. The molecule has 0 aliphatic heterocycles. The molecule has 32 heavy (non-hydrogen) atoms. The van der Waals surface area contributed by atoms with Crippen LogP contribution in [0, 0.1) is 6.92 Å². The van der Waals surface area contributed by atoms with Crippen molar-refractivity contribution >= 4 is 68.4 Å². The van der Waals surface area contributed by atoms with Gasteiger partial charge in [0, 0.05) is 16.3 Å². The Morgan fingerprint density at radius 1 is 1.19 bits per heavy atom. The molecule has 0 radical (unpaired) electrons. The smallest absolute Gasteiger partial charge is 0.266 e. The van der Waals surface area contributed by atoms with Crippen LogP contribution in [0.1, 0.15) is 12.7 Å². The first-order valence-electron chi connectivity index (χ1n) is 9.33. The zero-order valence-corrected chi connectivity index (χ0v) is 19.9. The third kappa shape index (κ3) is 4.99. The predicted molar refractivity (Wildman–Crippen MR) is 130 cm³/mol. The van der Waals surface area contributed by atoms with Crippen molar-refractivity contribution in [2.75, 3.05) is 5.32 Å². The van der Waals surface area contributed by atoms with Crippen LogP contribution in [0.5, 0.6) is 5.75 Å². The topological polar surface area (TPSA) is 93.4 Å². The van der Waals surface area contributed by atoms with Gasteiger partial charge in [0.2, 0.25) is 4.96 Å². The summed E-state index contributed by atoms with van der Waals surface area (Å²) in [7, 11) is 0. The summed E-state index contributed by atoms with van der Waals surface area (Å²) in [6, 6.07) is 12.3. The molecule has 0 saturated heterocycles. The van der Waals surface area contributed by atoms with E-state index >= 15 is 0 Å². The lowest BCUT2D eigenvalue weighted by Crippen LogP contribution is -2.42. The molecule has 164 valence electrons. The highest BCUT2D eigenvalue weighted by Crippen LogP contribution is 2.28. The highest BCUT2D eigenvalue weighted by molar-refractivity contribution is 7.80. The number of nitrogens with one attached hydrogen (secondary N) is 2. The van der Waals surface area contributed by atoms with E-state index in [2.05, 4.69) is 25.9 Å². The van der Waals surface area contributed by atoms with Crippen LogP contribution < -0.4 is 15.4 Å². The van der Waals surface area contributed by atoms with Gasteiger partial charge < -0.3 is 10.1 Å². The van der Waals surface area contributed by atoms with Crippen molar-refractivity contribution in [3.05, 3.63) is 58.3 Å². The molecule has 0 spiro atoms. The summed E-state index contributed by atoms with van der Waals surface area (Å²) >= 11 is 18.6. The SMILES string of the molecule is Cc1nnc2sc(-c3ccc(NC(=S)NC(=O)[C@H](C)Oc4ccc(Cl)cc4Cl)cc3)nn12. The standard InChI is InChI=1S/C20H16Cl2N6O2S2/c1-10(30-16-8-5-13(21)9-15(16)22)17(29)24-19(31)23-14-6-3-12(4-7-14)18-27-28-11(2)25-26-20(28)32-18/h3-10H,1-2H3,(H2,23,24,29,31)/t10-/m0/s1. The molecule has 2 N–H and O–H groups in total. The number of amides is 1. The number of halogens is 2. The number of fused-ring (bicyclic) bond motifs is 1. The van der Waals surface area contributed by atoms with Crippen molar-refractivity contribution in [3.63, 3.8) is 0 Å². The average Bonchev–Trinajstić information content (AvgIpc) is 3.32. The lowest BCUT2D eigenvalue weighted by atomic mass is 10.2. The van der Waals surface area contributed by atoms with Crippen LogP contribution >= 0.6 is 46.8 Å². The molecule has 0 aliphatic rings. The van der Waals surface area contributed by atoms with Crippen LogP contribution in [0.2, 0.25) is 10.0 Å². The second-order valence-electron chi connectivity index (χ2n) is 6.70. The van der Waals surface area contributed by atoms with Crippen LogP contribution in [-0.2, 0) is 4.79 Å². The number of nitrogens with zero attached hydrogens (tertiary/aromatic N) is 4. The fourth-order valence-corrected chi connectivity index (χ4v) is 4.28. The number of rotatable bonds is 5. The zero-order chi connectivity index (χ0) is 22.8. The van der Waals surface area contributed by atoms with Gasteiger partial charge >= 0.3 is 0 Å². The van der Waals surface area contributed by atoms with Gasteiger partial charge in [0.15, 0.2) is 17.0 Å². The molecule has 0 unspecified atom stereocenters. The molecule has 4 aromatic rings. The highest BCUT2D eigenvalue weighted by atomic mass is 35.5. The maximum atomic E-state index is 12.4. The first-order valence-corrected chi connectivity index (χ1v) is 11.3. The normalized spacial score (nSPS) is 11.9. The van der Waals surface area contributed by atoms with Gasteiger partial charge in [-0.1, -0.05) is 34.5 Å². The molecular weight excluding hydrogens is 491 g/mol. The van der Waals surface area contributed by atoms with E-state index in [-0.39, 0.29) is 5.11 Å². The summed E-state index contributed by atoms with van der Waals surface area (Å²) < 4.78 is 7.30. The van der Waals surface area contributed by atoms with Gasteiger partial charge in [0.05, 0.1) is 5.02 Å². The maximum absolute atomic E-state index is 12.4. The van der Waals surface area contributed by atoms with E-state index in [0.717, 1.165) is 21.4 Å². The molecule has 2 heterocycles. The minimum absolute atomic E-state index is 0.148. The van der Waals surface area contributed by atoms with Crippen molar-refractivity contribution in [2.45, 2.75) is 20.0 Å². The van der Waals surface area contributed by atoms with Crippen LogP contribution in [0.15, 0.2) is 42.5 Å². The first-order chi connectivity index (χ1) is 15.3. The first kappa shape index (κ1) is 22.4. The Morgan fingerprint density at radius 3 is 2.62 bits per heavy atom. The summed E-state index contributed by atoms with van der Waals surface area (Å²) in [6.07, 6.45) is -0.822. The van der Waals surface area contributed by atoms with Gasteiger partial charge in [-0.2, -0.15) is 9.61 Å². The Labute approximate surface area is 202 Å². The predicted octanol–water partition coefficient (Wildman–Crippen LogP) is 4.75. The lowest BCUT2D eigenvalue weighted by molar-refractivity contribution is -0.125. The summed E-state index contributed by atoms with van der Waals surface area (Å²) in [5.74, 6) is 0.674. The van der Waals surface area contributed by atoms with E-state index in [1.807, 2.05) is 31.2 Å². The second-order valence-corrected chi connectivity index (χ2v) is 8.91. The van der Waals surface area contributed by atoms with E-state index < -0.39 is 12.0 Å². The Kier molecular flexibility index (Phi) is 6.56. The molecule has 0 aliphatic carbocycles. The van der Waals surface area contributed by atoms with Gasteiger partial charge in [-0.25, -0.2) is 0 Å². The number of carbonyl (C=O) groups excluding carboxylic acids is 1. The van der Waals surface area contributed by atoms with Crippen LogP contribution in [-0.4, -0.2) is 36.9 Å². The summed E-state index contributed by atoms with van der Waals surface area (Å²) in [5.41, 5.74) is 1.65. The largest absolute Gasteiger partial charge is 0.479 e. The van der Waals surface area contributed by atoms with Crippen molar-refractivity contribution in [2.24, 2.45) is 0 Å². The number of thiocarbonyl (C=S) groups is 1. The third-order valence-corrected chi connectivity index (χ3v) is 6.02. The number of ether oxygens (including phenoxy) is 1. The Bertz CT molecular complexity index is 1310. The fraction of sp³-hybridized carbons (Fsp3) is 0.150. The molecule has 8 nitrogen and oxygen atoms in total. The summed E-state index contributed by atoms with van der Waals surface area (Å²) in [4.78, 5) is 13.1. The molecule has 12 heteroatoms. The number of hydrogen-bond acceptors (Lipinski definition) is 7. The number of benzene rings is 2. The molecule has 2 aromatic carbocycles. The minimum atomic E-state index is -0.822. The zero-order valence-electron chi connectivity index (χ0n) is 16.8. The third-order valence-electron chi connectivity index (χ3n) is 4.34. The maximum Gasteiger partial charge on any atom is 0.266 e. The molecule has 0 saturated carbocycles. The fourth-order valence-electron chi connectivity index (χ4n) is 2.72. The van der Waals surface area contributed by atoms with E-state index in [9.17, 15) is 4.79 Å². The molecule has 1 atom stereocenters. The van der Waals surface area contributed by atoms with Crippen LogP contribution in [0.3, 0.4) is 0 Å². The van der Waals surface area contributed by atoms with Gasteiger partial charge in [0.25, 0.3) is 5.91 Å². The van der Waals surface area contributed by atoms with E-state index in [1.54, 1.807) is 29.6 Å². The number of aryl methyl sites for hydroxylation is 1. The molecular formula is C20H16Cl2N6O2S2. The van der Waals surface area contributed by atoms with Crippen molar-refractivity contribution < 1.29 is 9.53 Å². The number of aromatic nitrogens is 4. The minimum Gasteiger partial charge on any atom is -0.479 e. The van der Waals surface area contributed by atoms with Crippen LogP contribution in [0.4, 0.5) is 5.69 Å². The number of carbonyl (C=O) groups is 1. The molecule has 0 fully saturated rings. The van der Waals surface area contributed by atoms with Gasteiger partial charge in [-0.05, 0) is 68.5 Å². The molecule has 2 aromatic heterocycles. The summed E-state index contributed by atoms with van der Waals surface area (Å²) in [6.45, 7) is 3.45. The van der Waals surface area contributed by atoms with Gasteiger partial charge in [-0.3, -0.25) is 10.1 Å². The summed E-state index contributed by atoms with van der Waals surface area (Å²) in [5, 5.41) is 19.9. The van der Waals surface area contributed by atoms with Crippen molar-refractivity contribution in [1.82, 2.24) is 25.1 Å². The van der Waals surface area contributed by atoms with Gasteiger partial charge in [0.1, 0.15) is 10.8 Å². The lowest BCUT2D eigenvalue weighted by Gasteiger charge is -2.16. The highest BCUT2D eigenvalue weighted by Gasteiger charge is 2.18.